The largest absolute Gasteiger partial charge is 0.470 e. The Morgan fingerprint density at radius 2 is 1.17 bits per heavy atom. The Bertz CT molecular complexity index is 2460. The van der Waals surface area contributed by atoms with Crippen molar-refractivity contribution in [3.05, 3.63) is 140 Å². The molecule has 0 fully saturated rings. The fourth-order valence-electron chi connectivity index (χ4n) is 6.41. The van der Waals surface area contributed by atoms with E-state index in [0.717, 1.165) is 33.2 Å². The number of para-hydroxylation sites is 1. The summed E-state index contributed by atoms with van der Waals surface area (Å²) in [5, 5.41) is 8.20. The van der Waals surface area contributed by atoms with E-state index in [9.17, 15) is 0 Å². The molecule has 0 N–H and O–H groups in total. The molecule has 42 heavy (non-hydrogen) atoms. The average molecular weight is 538 g/mol. The van der Waals surface area contributed by atoms with Crippen molar-refractivity contribution in [3.63, 3.8) is 0 Å². The van der Waals surface area contributed by atoms with Crippen molar-refractivity contribution in [2.45, 2.75) is 0 Å². The van der Waals surface area contributed by atoms with Crippen LogP contribution in [0.25, 0.3) is 82.6 Å². The zero-order valence-electron chi connectivity index (χ0n) is 22.5. The van der Waals surface area contributed by atoms with Crippen molar-refractivity contribution in [1.82, 2.24) is 14.5 Å². The molecule has 0 unspecified atom stereocenters. The maximum atomic E-state index is 5.66. The second-order valence-electron chi connectivity index (χ2n) is 10.7. The van der Waals surface area contributed by atoms with Gasteiger partial charge in [0.15, 0.2) is 0 Å². The molecule has 0 radical (unpaired) electrons. The number of nitrogens with zero attached hydrogens (tertiary/aromatic N) is 3. The monoisotopic (exact) mass is 537 g/mol. The number of furan rings is 1. The van der Waals surface area contributed by atoms with E-state index in [0.29, 0.717) is 5.95 Å². The number of hydrogen-bond donors (Lipinski definition) is 0. The van der Waals surface area contributed by atoms with Crippen LogP contribution in [0.3, 0.4) is 0 Å². The molecule has 0 aliphatic rings. The molecule has 0 atom stereocenters. The lowest BCUT2D eigenvalue weighted by Gasteiger charge is -2.11. The van der Waals surface area contributed by atoms with Gasteiger partial charge in [-0.05, 0) is 44.8 Å². The molecule has 0 aliphatic carbocycles. The maximum absolute atomic E-state index is 5.66. The van der Waals surface area contributed by atoms with Gasteiger partial charge in [-0.15, -0.1) is 0 Å². The van der Waals surface area contributed by atoms with E-state index in [1.165, 1.54) is 43.4 Å². The van der Waals surface area contributed by atoms with Crippen LogP contribution in [0.15, 0.2) is 144 Å². The van der Waals surface area contributed by atoms with Crippen LogP contribution >= 0.6 is 0 Å². The quantitative estimate of drug-likeness (QED) is 0.225. The standard InChI is InChI=1S/C38H23N3O/c1-3-11-28-24(8-1)10-7-14-29(28)26-16-18-27(19-17-26)37-32-22-42-23-33(32)39-38(40-37)41-34-15-6-5-13-31(34)36-30-12-4-2-9-25(30)20-21-35(36)41/h1-23H. The lowest BCUT2D eigenvalue weighted by atomic mass is 9.97. The zero-order chi connectivity index (χ0) is 27.6. The van der Waals surface area contributed by atoms with E-state index in [-0.39, 0.29) is 0 Å². The van der Waals surface area contributed by atoms with E-state index >= 15 is 0 Å². The third kappa shape index (κ3) is 3.36. The third-order valence-corrected chi connectivity index (χ3v) is 8.35. The smallest absolute Gasteiger partial charge is 0.235 e. The number of fused-ring (bicyclic) bond motifs is 7. The Hall–Kier alpha value is -5.74. The first-order chi connectivity index (χ1) is 20.8. The van der Waals surface area contributed by atoms with Crippen LogP contribution in [0.5, 0.6) is 0 Å². The Labute approximate surface area is 241 Å². The molecule has 6 aromatic carbocycles. The van der Waals surface area contributed by atoms with Crippen molar-refractivity contribution >= 4 is 54.3 Å². The molecule has 9 rings (SSSR count). The summed E-state index contributed by atoms with van der Waals surface area (Å²) in [7, 11) is 0. The Kier molecular flexibility index (Phi) is 4.87. The molecule has 9 aromatic rings. The highest BCUT2D eigenvalue weighted by Gasteiger charge is 2.19. The van der Waals surface area contributed by atoms with E-state index in [1.807, 2.05) is 0 Å². The summed E-state index contributed by atoms with van der Waals surface area (Å²) in [6.45, 7) is 0. The normalized spacial score (nSPS) is 11.8. The maximum Gasteiger partial charge on any atom is 0.235 e. The summed E-state index contributed by atoms with van der Waals surface area (Å²) in [5.41, 5.74) is 7.18. The van der Waals surface area contributed by atoms with E-state index in [2.05, 4.69) is 132 Å². The van der Waals surface area contributed by atoms with Crippen molar-refractivity contribution in [3.8, 4) is 28.3 Å². The molecule has 4 heteroatoms. The fraction of sp³-hybridized carbons (Fsp3) is 0. The van der Waals surface area contributed by atoms with Crippen LogP contribution in [0, 0.1) is 0 Å². The summed E-state index contributed by atoms with van der Waals surface area (Å²) >= 11 is 0. The molecule has 0 aliphatic heterocycles. The van der Waals surface area contributed by atoms with Gasteiger partial charge < -0.3 is 4.42 Å². The molecule has 0 amide bonds. The number of benzene rings is 6. The topological polar surface area (TPSA) is 43.9 Å². The molecule has 3 aromatic heterocycles. The van der Waals surface area contributed by atoms with Crippen LogP contribution in [0.4, 0.5) is 0 Å². The van der Waals surface area contributed by atoms with Gasteiger partial charge in [0.25, 0.3) is 0 Å². The molecular weight excluding hydrogens is 514 g/mol. The molecule has 4 nitrogen and oxygen atoms in total. The Morgan fingerprint density at radius 1 is 0.476 bits per heavy atom. The van der Waals surface area contributed by atoms with Gasteiger partial charge in [-0.1, -0.05) is 115 Å². The molecule has 0 bridgehead atoms. The summed E-state index contributed by atoms with van der Waals surface area (Å²) < 4.78 is 7.84. The second-order valence-corrected chi connectivity index (χ2v) is 10.7. The van der Waals surface area contributed by atoms with Gasteiger partial charge in [0.1, 0.15) is 18.0 Å². The van der Waals surface area contributed by atoms with Crippen LogP contribution in [-0.2, 0) is 0 Å². The summed E-state index contributed by atoms with van der Waals surface area (Å²) in [6, 6.07) is 45.0. The molecule has 3 heterocycles. The molecule has 0 saturated carbocycles. The number of hydrogen-bond acceptors (Lipinski definition) is 3. The van der Waals surface area contributed by atoms with Gasteiger partial charge >= 0.3 is 0 Å². The van der Waals surface area contributed by atoms with Crippen LogP contribution in [0.1, 0.15) is 0 Å². The van der Waals surface area contributed by atoms with Crippen molar-refractivity contribution < 1.29 is 4.42 Å². The van der Waals surface area contributed by atoms with Crippen molar-refractivity contribution in [1.29, 1.82) is 0 Å². The Balaban J connectivity index is 1.26. The van der Waals surface area contributed by atoms with Gasteiger partial charge in [0.05, 0.1) is 22.1 Å². The summed E-state index contributed by atoms with van der Waals surface area (Å²) in [4.78, 5) is 10.2. The van der Waals surface area contributed by atoms with Crippen molar-refractivity contribution in [2.75, 3.05) is 0 Å². The SMILES string of the molecule is c1ccc2c(-c3ccc(-c4nc(-n5c6ccccc6c6c7ccccc7ccc65)nc5cocc45)cc3)cccc2c1. The average Bonchev–Trinajstić information content (AvgIpc) is 3.67. The third-order valence-electron chi connectivity index (χ3n) is 8.35. The van der Waals surface area contributed by atoms with Crippen LogP contribution in [-0.4, -0.2) is 14.5 Å². The minimum absolute atomic E-state index is 0.624. The minimum atomic E-state index is 0.624. The fourth-order valence-corrected chi connectivity index (χ4v) is 6.41. The van der Waals surface area contributed by atoms with Gasteiger partial charge in [-0.25, -0.2) is 9.97 Å². The predicted octanol–water partition coefficient (Wildman–Crippen LogP) is 9.96. The van der Waals surface area contributed by atoms with E-state index in [1.54, 1.807) is 12.5 Å². The van der Waals surface area contributed by atoms with Gasteiger partial charge in [0.2, 0.25) is 5.95 Å². The predicted molar refractivity (Wildman–Crippen MR) is 172 cm³/mol. The Morgan fingerprint density at radius 3 is 2.02 bits per heavy atom. The lowest BCUT2D eigenvalue weighted by molar-refractivity contribution is 0.572. The van der Waals surface area contributed by atoms with Crippen LogP contribution in [0.2, 0.25) is 0 Å². The van der Waals surface area contributed by atoms with E-state index < -0.39 is 0 Å². The first kappa shape index (κ1) is 23.0. The van der Waals surface area contributed by atoms with E-state index in [4.69, 9.17) is 14.4 Å². The molecule has 0 saturated heterocycles. The summed E-state index contributed by atoms with van der Waals surface area (Å²) in [5.74, 6) is 0.624. The highest BCUT2D eigenvalue weighted by Crippen LogP contribution is 2.38. The van der Waals surface area contributed by atoms with Gasteiger partial charge in [-0.2, -0.15) is 0 Å². The lowest BCUT2D eigenvalue weighted by Crippen LogP contribution is -2.02. The second kappa shape index (κ2) is 8.88. The number of rotatable bonds is 3. The van der Waals surface area contributed by atoms with Crippen molar-refractivity contribution in [2.24, 2.45) is 0 Å². The minimum Gasteiger partial charge on any atom is -0.470 e. The number of aromatic nitrogens is 3. The van der Waals surface area contributed by atoms with Gasteiger partial charge in [0, 0.05) is 16.3 Å². The van der Waals surface area contributed by atoms with Gasteiger partial charge in [-0.3, -0.25) is 4.57 Å². The van der Waals surface area contributed by atoms with Crippen LogP contribution < -0.4 is 0 Å². The highest BCUT2D eigenvalue weighted by atomic mass is 16.3. The molecular formula is C38H23N3O. The molecule has 196 valence electrons. The molecule has 0 spiro atoms. The summed E-state index contributed by atoms with van der Waals surface area (Å²) in [6.07, 6.45) is 3.45. The first-order valence-corrected chi connectivity index (χ1v) is 14.1. The first-order valence-electron chi connectivity index (χ1n) is 14.1. The highest BCUT2D eigenvalue weighted by molar-refractivity contribution is 6.21. The zero-order valence-corrected chi connectivity index (χ0v) is 22.5.